The first kappa shape index (κ1) is 17.2. The second-order valence-electron chi connectivity index (χ2n) is 6.78. The number of morpholine rings is 1. The average molecular weight is 332 g/mol. The topological polar surface area (TPSA) is 42.0 Å². The fourth-order valence-corrected chi connectivity index (χ4v) is 3.76. The summed E-state index contributed by atoms with van der Waals surface area (Å²) in [5.41, 5.74) is 0.509. The second kappa shape index (κ2) is 7.53. The highest BCUT2D eigenvalue weighted by Crippen LogP contribution is 2.31. The quantitative estimate of drug-likeness (QED) is 0.848. The van der Waals surface area contributed by atoms with Crippen LogP contribution in [-0.2, 0) is 16.1 Å². The predicted molar refractivity (Wildman–Crippen MR) is 93.1 cm³/mol. The van der Waals surface area contributed by atoms with Gasteiger partial charge in [0.1, 0.15) is 5.75 Å². The van der Waals surface area contributed by atoms with Crippen molar-refractivity contribution in [3.8, 4) is 5.75 Å². The molecule has 2 aliphatic rings. The second-order valence-corrected chi connectivity index (χ2v) is 6.78. The Morgan fingerprint density at radius 1 is 1.25 bits per heavy atom. The third-order valence-corrected chi connectivity index (χ3v) is 4.99. The maximum absolute atomic E-state index is 12.8. The molecule has 3 rings (SSSR count). The molecule has 1 aromatic carbocycles. The lowest BCUT2D eigenvalue weighted by molar-refractivity contribution is -0.169. The molecule has 5 nitrogen and oxygen atoms in total. The summed E-state index contributed by atoms with van der Waals surface area (Å²) < 4.78 is 11.8. The third kappa shape index (κ3) is 3.57. The number of amides is 1. The van der Waals surface area contributed by atoms with Gasteiger partial charge in [0.25, 0.3) is 5.91 Å². The molecule has 1 aromatic rings. The van der Waals surface area contributed by atoms with Crippen molar-refractivity contribution in [2.45, 2.75) is 38.3 Å². The van der Waals surface area contributed by atoms with Crippen molar-refractivity contribution in [3.63, 3.8) is 0 Å². The molecular formula is C19H28N2O3. The number of benzene rings is 1. The summed E-state index contributed by atoms with van der Waals surface area (Å²) in [5.74, 6) is 1.08. The van der Waals surface area contributed by atoms with Crippen LogP contribution in [0.3, 0.4) is 0 Å². The Bertz CT molecular complexity index is 577. The normalized spacial score (nSPS) is 25.8. The number of hydrogen-bond donors (Lipinski definition) is 0. The Morgan fingerprint density at radius 2 is 2.08 bits per heavy atom. The number of rotatable bonds is 4. The van der Waals surface area contributed by atoms with Crippen molar-refractivity contribution < 1.29 is 14.3 Å². The van der Waals surface area contributed by atoms with Crippen LogP contribution in [0, 0.1) is 0 Å². The fourth-order valence-electron chi connectivity index (χ4n) is 3.76. The van der Waals surface area contributed by atoms with Gasteiger partial charge < -0.3 is 14.4 Å². The van der Waals surface area contributed by atoms with E-state index in [0.29, 0.717) is 19.8 Å². The van der Waals surface area contributed by atoms with Gasteiger partial charge in [0.2, 0.25) is 0 Å². The van der Waals surface area contributed by atoms with Gasteiger partial charge in [-0.2, -0.15) is 0 Å². The highest BCUT2D eigenvalue weighted by atomic mass is 16.5. The smallest absolute Gasteiger partial charge is 0.255 e. The Hall–Kier alpha value is -1.59. The Balaban J connectivity index is 1.75. The van der Waals surface area contributed by atoms with E-state index >= 15 is 0 Å². The average Bonchev–Trinajstić information content (AvgIpc) is 2.71. The Kier molecular flexibility index (Phi) is 5.41. The largest absolute Gasteiger partial charge is 0.494 e. The summed E-state index contributed by atoms with van der Waals surface area (Å²) in [4.78, 5) is 17.0. The minimum atomic E-state index is -0.663. The molecule has 0 radical (unpaired) electrons. The molecule has 2 fully saturated rings. The van der Waals surface area contributed by atoms with Crippen LogP contribution in [0.5, 0.6) is 5.75 Å². The monoisotopic (exact) mass is 332 g/mol. The van der Waals surface area contributed by atoms with E-state index in [0.717, 1.165) is 44.6 Å². The zero-order valence-electron chi connectivity index (χ0n) is 14.8. The van der Waals surface area contributed by atoms with E-state index in [1.165, 1.54) is 5.56 Å². The molecule has 0 aromatic heterocycles. The van der Waals surface area contributed by atoms with Crippen molar-refractivity contribution in [3.05, 3.63) is 29.8 Å². The summed E-state index contributed by atoms with van der Waals surface area (Å²) >= 11 is 0. The minimum absolute atomic E-state index is 0.141. The highest BCUT2D eigenvalue weighted by Gasteiger charge is 2.45. The molecule has 1 unspecified atom stereocenters. The lowest BCUT2D eigenvalue weighted by atomic mass is 9.94. The van der Waals surface area contributed by atoms with Crippen molar-refractivity contribution in [1.29, 1.82) is 0 Å². The molecule has 0 N–H and O–H groups in total. The van der Waals surface area contributed by atoms with E-state index in [4.69, 9.17) is 9.47 Å². The molecule has 0 saturated carbocycles. The van der Waals surface area contributed by atoms with Gasteiger partial charge in [-0.1, -0.05) is 18.2 Å². The molecule has 2 aliphatic heterocycles. The number of para-hydroxylation sites is 1. The van der Waals surface area contributed by atoms with Gasteiger partial charge >= 0.3 is 0 Å². The third-order valence-electron chi connectivity index (χ3n) is 4.99. The molecule has 0 aliphatic carbocycles. The molecule has 1 spiro atoms. The van der Waals surface area contributed by atoms with Crippen molar-refractivity contribution in [2.24, 2.45) is 0 Å². The van der Waals surface area contributed by atoms with E-state index in [-0.39, 0.29) is 5.91 Å². The van der Waals surface area contributed by atoms with Gasteiger partial charge in [-0.15, -0.1) is 0 Å². The Labute approximate surface area is 144 Å². The first-order chi connectivity index (χ1) is 11.6. The number of carbonyl (C=O) groups is 1. The first-order valence-corrected chi connectivity index (χ1v) is 8.97. The molecule has 2 saturated heterocycles. The van der Waals surface area contributed by atoms with E-state index in [1.807, 2.05) is 37.1 Å². The standard InChI is InChI=1S/C19H28N2O3/c1-3-23-17-9-5-4-8-16(17)14-21-12-13-24-19(15-21)10-6-7-11-20(2)18(19)22/h4-5,8-9H,3,6-7,10-15H2,1-2H3. The van der Waals surface area contributed by atoms with Crippen LogP contribution in [0.1, 0.15) is 31.7 Å². The van der Waals surface area contributed by atoms with Gasteiger partial charge in [0, 0.05) is 38.8 Å². The maximum atomic E-state index is 12.8. The molecule has 1 amide bonds. The number of hydrogen-bond acceptors (Lipinski definition) is 4. The minimum Gasteiger partial charge on any atom is -0.494 e. The SMILES string of the molecule is CCOc1ccccc1CN1CCOC2(CCCCN(C)C2=O)C1. The summed E-state index contributed by atoms with van der Waals surface area (Å²) in [5, 5.41) is 0. The van der Waals surface area contributed by atoms with Crippen molar-refractivity contribution in [1.82, 2.24) is 9.80 Å². The van der Waals surface area contributed by atoms with Crippen LogP contribution in [0.2, 0.25) is 0 Å². The summed E-state index contributed by atoms with van der Waals surface area (Å²) in [7, 11) is 1.89. The van der Waals surface area contributed by atoms with Gasteiger partial charge in [-0.25, -0.2) is 0 Å². The van der Waals surface area contributed by atoms with Crippen LogP contribution < -0.4 is 4.74 Å². The van der Waals surface area contributed by atoms with Gasteiger partial charge in [0.05, 0.1) is 13.2 Å². The number of ether oxygens (including phenoxy) is 2. The lowest BCUT2D eigenvalue weighted by Crippen LogP contribution is -2.59. The van der Waals surface area contributed by atoms with Crippen LogP contribution in [0.25, 0.3) is 0 Å². The van der Waals surface area contributed by atoms with E-state index in [9.17, 15) is 4.79 Å². The molecule has 0 bridgehead atoms. The van der Waals surface area contributed by atoms with Gasteiger partial charge in [-0.05, 0) is 32.3 Å². The lowest BCUT2D eigenvalue weighted by Gasteiger charge is -2.42. The van der Waals surface area contributed by atoms with Crippen LogP contribution in [0.4, 0.5) is 0 Å². The molecule has 5 heteroatoms. The summed E-state index contributed by atoms with van der Waals surface area (Å²) in [6, 6.07) is 8.16. The molecular weight excluding hydrogens is 304 g/mol. The first-order valence-electron chi connectivity index (χ1n) is 8.97. The van der Waals surface area contributed by atoms with Gasteiger partial charge in [0.15, 0.2) is 5.60 Å². The molecule has 2 heterocycles. The van der Waals surface area contributed by atoms with E-state index < -0.39 is 5.60 Å². The van der Waals surface area contributed by atoms with Gasteiger partial charge in [-0.3, -0.25) is 9.69 Å². The zero-order valence-corrected chi connectivity index (χ0v) is 14.8. The summed E-state index contributed by atoms with van der Waals surface area (Å²) in [6.07, 6.45) is 2.92. The van der Waals surface area contributed by atoms with Crippen LogP contribution >= 0.6 is 0 Å². The molecule has 132 valence electrons. The highest BCUT2D eigenvalue weighted by molar-refractivity contribution is 5.85. The van der Waals surface area contributed by atoms with E-state index in [2.05, 4.69) is 11.0 Å². The van der Waals surface area contributed by atoms with Crippen molar-refractivity contribution in [2.75, 3.05) is 39.9 Å². The zero-order chi connectivity index (χ0) is 17.0. The van der Waals surface area contributed by atoms with E-state index in [1.54, 1.807) is 0 Å². The Morgan fingerprint density at radius 3 is 2.92 bits per heavy atom. The van der Waals surface area contributed by atoms with Crippen molar-refractivity contribution >= 4 is 5.91 Å². The maximum Gasteiger partial charge on any atom is 0.255 e. The molecule has 24 heavy (non-hydrogen) atoms. The number of likely N-dealkylation sites (N-methyl/N-ethyl adjacent to an activating group) is 1. The van der Waals surface area contributed by atoms with Crippen LogP contribution in [-0.4, -0.2) is 61.2 Å². The molecule has 1 atom stereocenters. The number of carbonyl (C=O) groups excluding carboxylic acids is 1. The summed E-state index contributed by atoms with van der Waals surface area (Å²) in [6.45, 7) is 6.40. The predicted octanol–water partition coefficient (Wildman–Crippen LogP) is 2.30. The number of likely N-dealkylation sites (tertiary alicyclic amines) is 1. The van der Waals surface area contributed by atoms with Crippen LogP contribution in [0.15, 0.2) is 24.3 Å². The number of nitrogens with zero attached hydrogens (tertiary/aromatic N) is 2. The fraction of sp³-hybridized carbons (Fsp3) is 0.632.